The van der Waals surface area contributed by atoms with Crippen LogP contribution in [0, 0.1) is 0 Å². The number of hydrogen-bond acceptors (Lipinski definition) is 3. The van der Waals surface area contributed by atoms with Gasteiger partial charge in [-0.25, -0.2) is 0 Å². The molecule has 0 radical (unpaired) electrons. The lowest BCUT2D eigenvalue weighted by Gasteiger charge is -2.15. The third kappa shape index (κ3) is 2.91. The van der Waals surface area contributed by atoms with Gasteiger partial charge in [-0.2, -0.15) is 0 Å². The first-order chi connectivity index (χ1) is 8.31. The van der Waals surface area contributed by atoms with Crippen molar-refractivity contribution in [2.75, 3.05) is 6.61 Å². The van der Waals surface area contributed by atoms with E-state index in [1.54, 1.807) is 0 Å². The lowest BCUT2D eigenvalue weighted by molar-refractivity contribution is -0.132. The van der Waals surface area contributed by atoms with E-state index in [-0.39, 0.29) is 5.91 Å². The van der Waals surface area contributed by atoms with Crippen molar-refractivity contribution in [3.05, 3.63) is 35.9 Å². The largest absolute Gasteiger partial charge is 0.368 e. The Morgan fingerprint density at radius 1 is 1.41 bits per heavy atom. The fourth-order valence-corrected chi connectivity index (χ4v) is 1.89. The molecule has 0 aliphatic carbocycles. The first kappa shape index (κ1) is 11.8. The molecular formula is C13H15NO3. The second-order valence-corrected chi connectivity index (χ2v) is 4.03. The molecule has 1 amide bonds. The minimum atomic E-state index is -0.590. The highest BCUT2D eigenvalue weighted by molar-refractivity contribution is 5.84. The Labute approximate surface area is 100.0 Å². The molecule has 4 heteroatoms. The molecule has 1 N–H and O–H groups in total. The number of carbonyl (C=O) groups is 2. The number of benzene rings is 1. The molecule has 1 heterocycles. The SMILES string of the molecule is O=CC(NC(=O)C1CCCO1)c1ccccc1. The van der Waals surface area contributed by atoms with Crippen LogP contribution in [0.25, 0.3) is 0 Å². The Balaban J connectivity index is 2.00. The second-order valence-electron chi connectivity index (χ2n) is 4.03. The van der Waals surface area contributed by atoms with Gasteiger partial charge in [-0.1, -0.05) is 30.3 Å². The molecule has 1 aliphatic heterocycles. The van der Waals surface area contributed by atoms with Gasteiger partial charge in [0, 0.05) is 6.61 Å². The summed E-state index contributed by atoms with van der Waals surface area (Å²) in [6, 6.07) is 8.58. The van der Waals surface area contributed by atoms with Crippen molar-refractivity contribution < 1.29 is 14.3 Å². The summed E-state index contributed by atoms with van der Waals surface area (Å²) in [5, 5.41) is 2.69. The molecule has 0 aromatic heterocycles. The van der Waals surface area contributed by atoms with E-state index in [0.717, 1.165) is 24.7 Å². The molecule has 2 unspecified atom stereocenters. The molecule has 1 aromatic carbocycles. The minimum Gasteiger partial charge on any atom is -0.368 e. The lowest BCUT2D eigenvalue weighted by atomic mass is 10.1. The average Bonchev–Trinajstić information content (AvgIpc) is 2.90. The highest BCUT2D eigenvalue weighted by atomic mass is 16.5. The molecule has 1 saturated heterocycles. The minimum absolute atomic E-state index is 0.205. The Bertz CT molecular complexity index is 385. The number of hydrogen-bond donors (Lipinski definition) is 1. The molecule has 1 aromatic rings. The summed E-state index contributed by atoms with van der Waals surface area (Å²) in [7, 11) is 0. The van der Waals surface area contributed by atoms with Crippen molar-refractivity contribution in [3.63, 3.8) is 0 Å². The van der Waals surface area contributed by atoms with E-state index in [2.05, 4.69) is 5.32 Å². The zero-order valence-electron chi connectivity index (χ0n) is 9.46. The fraction of sp³-hybridized carbons (Fsp3) is 0.385. The Morgan fingerprint density at radius 2 is 2.18 bits per heavy atom. The van der Waals surface area contributed by atoms with Gasteiger partial charge in [0.05, 0.1) is 0 Å². The van der Waals surface area contributed by atoms with Gasteiger partial charge < -0.3 is 14.8 Å². The van der Waals surface area contributed by atoms with Crippen LogP contribution in [0.5, 0.6) is 0 Å². The molecule has 1 fully saturated rings. The van der Waals surface area contributed by atoms with Crippen LogP contribution < -0.4 is 5.32 Å². The third-order valence-electron chi connectivity index (χ3n) is 2.81. The van der Waals surface area contributed by atoms with E-state index in [0.29, 0.717) is 6.61 Å². The number of ether oxygens (including phenoxy) is 1. The average molecular weight is 233 g/mol. The van der Waals surface area contributed by atoms with Gasteiger partial charge >= 0.3 is 0 Å². The van der Waals surface area contributed by atoms with Crippen molar-refractivity contribution in [1.29, 1.82) is 0 Å². The van der Waals surface area contributed by atoms with Crippen LogP contribution in [0.3, 0.4) is 0 Å². The lowest BCUT2D eigenvalue weighted by Crippen LogP contribution is -2.37. The molecule has 4 nitrogen and oxygen atoms in total. The van der Waals surface area contributed by atoms with Gasteiger partial charge in [-0.3, -0.25) is 4.79 Å². The summed E-state index contributed by atoms with van der Waals surface area (Å²) in [5.74, 6) is -0.205. The van der Waals surface area contributed by atoms with Crippen molar-refractivity contribution in [3.8, 4) is 0 Å². The van der Waals surface area contributed by atoms with E-state index >= 15 is 0 Å². The maximum absolute atomic E-state index is 11.8. The first-order valence-electron chi connectivity index (χ1n) is 5.73. The third-order valence-corrected chi connectivity index (χ3v) is 2.81. The summed E-state index contributed by atoms with van der Waals surface area (Å²) in [5.41, 5.74) is 0.786. The molecule has 0 bridgehead atoms. The number of rotatable bonds is 4. The van der Waals surface area contributed by atoms with E-state index in [4.69, 9.17) is 4.74 Å². The molecule has 0 saturated carbocycles. The van der Waals surface area contributed by atoms with Crippen molar-refractivity contribution in [1.82, 2.24) is 5.32 Å². The van der Waals surface area contributed by atoms with Crippen LogP contribution in [0.1, 0.15) is 24.4 Å². The van der Waals surface area contributed by atoms with E-state index in [9.17, 15) is 9.59 Å². The van der Waals surface area contributed by atoms with Crippen LogP contribution in [-0.2, 0) is 14.3 Å². The summed E-state index contributed by atoms with van der Waals surface area (Å²) in [6.07, 6.45) is 1.96. The molecule has 2 atom stereocenters. The zero-order valence-corrected chi connectivity index (χ0v) is 9.46. The van der Waals surface area contributed by atoms with Gasteiger partial charge in [0.25, 0.3) is 0 Å². The van der Waals surface area contributed by atoms with Crippen molar-refractivity contribution in [2.45, 2.75) is 25.0 Å². The maximum atomic E-state index is 11.8. The summed E-state index contributed by atoms with van der Waals surface area (Å²) in [6.45, 7) is 0.620. The molecule has 1 aliphatic rings. The van der Waals surface area contributed by atoms with Crippen LogP contribution in [0.4, 0.5) is 0 Å². The number of aldehydes is 1. The van der Waals surface area contributed by atoms with Crippen molar-refractivity contribution in [2.24, 2.45) is 0 Å². The summed E-state index contributed by atoms with van der Waals surface area (Å²) < 4.78 is 5.27. The van der Waals surface area contributed by atoms with Crippen LogP contribution >= 0.6 is 0 Å². The Hall–Kier alpha value is -1.68. The van der Waals surface area contributed by atoms with Gasteiger partial charge in [0.2, 0.25) is 5.91 Å². The van der Waals surface area contributed by atoms with Gasteiger partial charge in [-0.05, 0) is 18.4 Å². The fourth-order valence-electron chi connectivity index (χ4n) is 1.89. The molecule has 17 heavy (non-hydrogen) atoms. The summed E-state index contributed by atoms with van der Waals surface area (Å²) in [4.78, 5) is 22.8. The van der Waals surface area contributed by atoms with Crippen LogP contribution in [0.2, 0.25) is 0 Å². The topological polar surface area (TPSA) is 55.4 Å². The van der Waals surface area contributed by atoms with Crippen LogP contribution in [0.15, 0.2) is 30.3 Å². The Morgan fingerprint density at radius 3 is 2.76 bits per heavy atom. The van der Waals surface area contributed by atoms with Crippen LogP contribution in [-0.4, -0.2) is 24.9 Å². The van der Waals surface area contributed by atoms with Gasteiger partial charge in [0.1, 0.15) is 18.4 Å². The highest BCUT2D eigenvalue weighted by Crippen LogP contribution is 2.15. The van der Waals surface area contributed by atoms with Gasteiger partial charge in [-0.15, -0.1) is 0 Å². The number of amides is 1. The standard InChI is InChI=1S/C13H15NO3/c15-9-11(10-5-2-1-3-6-10)14-13(16)12-7-4-8-17-12/h1-3,5-6,9,11-12H,4,7-8H2,(H,14,16). The number of carbonyl (C=O) groups excluding carboxylic acids is 2. The van der Waals surface area contributed by atoms with Crippen molar-refractivity contribution >= 4 is 12.2 Å². The maximum Gasteiger partial charge on any atom is 0.249 e. The van der Waals surface area contributed by atoms with Gasteiger partial charge in [0.15, 0.2) is 0 Å². The monoisotopic (exact) mass is 233 g/mol. The quantitative estimate of drug-likeness (QED) is 0.795. The zero-order chi connectivity index (χ0) is 12.1. The predicted octanol–water partition coefficient (Wildman–Crippen LogP) is 1.22. The second kappa shape index (κ2) is 5.59. The molecule has 0 spiro atoms. The highest BCUT2D eigenvalue weighted by Gasteiger charge is 2.25. The Kier molecular flexibility index (Phi) is 3.88. The number of nitrogens with one attached hydrogen (secondary N) is 1. The predicted molar refractivity (Wildman–Crippen MR) is 62.4 cm³/mol. The molecular weight excluding hydrogens is 218 g/mol. The smallest absolute Gasteiger partial charge is 0.249 e. The van der Waals surface area contributed by atoms with E-state index in [1.807, 2.05) is 30.3 Å². The van der Waals surface area contributed by atoms with E-state index < -0.39 is 12.1 Å². The summed E-state index contributed by atoms with van der Waals surface area (Å²) >= 11 is 0. The van der Waals surface area contributed by atoms with E-state index in [1.165, 1.54) is 0 Å². The first-order valence-corrected chi connectivity index (χ1v) is 5.73. The normalized spacial score (nSPS) is 20.8. The molecule has 2 rings (SSSR count). The molecule has 90 valence electrons.